The number of nitrogen functional groups attached to an aromatic ring is 1. The third-order valence-corrected chi connectivity index (χ3v) is 4.50. The summed E-state index contributed by atoms with van der Waals surface area (Å²) in [5, 5.41) is 23.3. The van der Waals surface area contributed by atoms with Crippen molar-refractivity contribution in [2.24, 2.45) is 0 Å². The Labute approximate surface area is 189 Å². The van der Waals surface area contributed by atoms with Gasteiger partial charge in [-0.1, -0.05) is 0 Å². The fourth-order valence-electron chi connectivity index (χ4n) is 2.81. The van der Waals surface area contributed by atoms with E-state index in [2.05, 4.69) is 30.6 Å². The van der Waals surface area contributed by atoms with Gasteiger partial charge in [-0.05, 0) is 24.3 Å². The Balaban J connectivity index is 1.65. The number of aromatic nitrogens is 4. The molecule has 1 aromatic carbocycles. The van der Waals surface area contributed by atoms with Crippen molar-refractivity contribution in [1.29, 1.82) is 0 Å². The van der Waals surface area contributed by atoms with Crippen molar-refractivity contribution < 1.29 is 29.4 Å². The van der Waals surface area contributed by atoms with Gasteiger partial charge in [0.15, 0.2) is 11.2 Å². The molecule has 0 saturated carbocycles. The minimum Gasteiger partial charge on any atom is -0.480 e. The lowest BCUT2D eigenvalue weighted by atomic mass is 10.1. The topological polar surface area (TPSA) is 230 Å². The van der Waals surface area contributed by atoms with E-state index < -0.39 is 41.4 Å². The van der Waals surface area contributed by atoms with Gasteiger partial charge in [-0.2, -0.15) is 4.98 Å². The lowest BCUT2D eigenvalue weighted by molar-refractivity contribution is -0.139. The normalized spacial score (nSPS) is 11.3. The average molecular weight is 467 g/mol. The maximum atomic E-state index is 12.4. The zero-order valence-corrected chi connectivity index (χ0v) is 17.2. The van der Waals surface area contributed by atoms with Crippen molar-refractivity contribution >= 4 is 46.6 Å². The number of fused-ring (bicyclic) bond motifs is 1. The van der Waals surface area contributed by atoms with Gasteiger partial charge < -0.3 is 26.6 Å². The molecule has 7 N–H and O–H groups in total. The molecule has 2 heterocycles. The summed E-state index contributed by atoms with van der Waals surface area (Å²) in [6, 6.07) is 4.28. The van der Waals surface area contributed by atoms with E-state index in [4.69, 9.17) is 10.8 Å². The standard InChI is InChI=1S/C20H17N7O7/c21-20-26-15-14(17(30)27-20)24-12(7-23-15)6-22-11-3-1-9(2-4-11)16(29)25-13(19(33)34)5-10(8-28)18(31)32/h1-4,7,13,22H,5-6H2,(H,25,29)(H,31,32)(H,33,34)(H3,21,23,26,27,30)/t13-/m0/s1. The zero-order valence-electron chi connectivity index (χ0n) is 17.2. The molecule has 34 heavy (non-hydrogen) atoms. The number of carbonyl (C=O) groups is 3. The van der Waals surface area contributed by atoms with Gasteiger partial charge in [-0.25, -0.2) is 24.4 Å². The first kappa shape index (κ1) is 23.6. The summed E-state index contributed by atoms with van der Waals surface area (Å²) >= 11 is 0. The van der Waals surface area contributed by atoms with E-state index >= 15 is 0 Å². The van der Waals surface area contributed by atoms with Crippen LogP contribution in [-0.2, 0) is 20.9 Å². The van der Waals surface area contributed by atoms with Crippen LogP contribution in [0.1, 0.15) is 22.5 Å². The Morgan fingerprint density at radius 1 is 1.15 bits per heavy atom. The highest BCUT2D eigenvalue weighted by Crippen LogP contribution is 2.12. The predicted molar refractivity (Wildman–Crippen MR) is 116 cm³/mol. The molecule has 0 spiro atoms. The molecule has 0 aliphatic heterocycles. The third kappa shape index (κ3) is 5.57. The molecule has 0 fully saturated rings. The minimum absolute atomic E-state index is 0.0315. The number of rotatable bonds is 9. The summed E-state index contributed by atoms with van der Waals surface area (Å²) in [5.74, 6) is -2.81. The Bertz CT molecular complexity index is 1380. The molecular weight excluding hydrogens is 450 g/mol. The number of carboxylic acids is 2. The number of aliphatic carboxylic acids is 2. The van der Waals surface area contributed by atoms with Crippen LogP contribution in [0.5, 0.6) is 0 Å². The number of nitrogens with zero attached hydrogens (tertiary/aromatic N) is 3. The molecule has 0 bridgehead atoms. The van der Waals surface area contributed by atoms with E-state index in [9.17, 15) is 29.1 Å². The second kappa shape index (κ2) is 10.0. The second-order valence-electron chi connectivity index (χ2n) is 6.87. The molecular formula is C20H17N7O7. The highest BCUT2D eigenvalue weighted by molar-refractivity contribution is 5.99. The van der Waals surface area contributed by atoms with Crippen molar-refractivity contribution in [1.82, 2.24) is 25.3 Å². The van der Waals surface area contributed by atoms with Gasteiger partial charge in [0, 0.05) is 17.7 Å². The molecule has 0 aliphatic carbocycles. The first-order chi connectivity index (χ1) is 16.2. The number of H-pyrrole nitrogens is 1. The monoisotopic (exact) mass is 467 g/mol. The first-order valence-electron chi connectivity index (χ1n) is 9.54. The van der Waals surface area contributed by atoms with Crippen molar-refractivity contribution in [2.75, 3.05) is 11.1 Å². The maximum Gasteiger partial charge on any atom is 0.342 e. The molecule has 0 unspecified atom stereocenters. The molecule has 3 aromatic rings. The number of hydrogen-bond donors (Lipinski definition) is 6. The van der Waals surface area contributed by atoms with Crippen LogP contribution in [0.15, 0.2) is 40.8 Å². The van der Waals surface area contributed by atoms with Crippen molar-refractivity contribution in [3.8, 4) is 0 Å². The molecule has 1 amide bonds. The summed E-state index contributed by atoms with van der Waals surface area (Å²) < 4.78 is 0. The smallest absolute Gasteiger partial charge is 0.342 e. The van der Waals surface area contributed by atoms with Crippen LogP contribution in [-0.4, -0.2) is 60.0 Å². The fourth-order valence-corrected chi connectivity index (χ4v) is 2.81. The van der Waals surface area contributed by atoms with E-state index in [1.807, 2.05) is 0 Å². The summed E-state index contributed by atoms with van der Waals surface area (Å²) in [6.07, 6.45) is 0.700. The van der Waals surface area contributed by atoms with E-state index in [1.165, 1.54) is 18.3 Å². The number of nitrogens with one attached hydrogen (secondary N) is 3. The largest absolute Gasteiger partial charge is 0.480 e. The van der Waals surface area contributed by atoms with Gasteiger partial charge in [-0.15, -0.1) is 0 Å². The SMILES string of the molecule is Nc1nc2ncc(CNc3ccc(C(=O)N[C@@H](CC(=C=O)C(=O)O)C(=O)O)cc3)nc2c(=O)[nH]1. The number of hydrogen-bond acceptors (Lipinski definition) is 10. The van der Waals surface area contributed by atoms with Crippen LogP contribution in [0, 0.1) is 0 Å². The van der Waals surface area contributed by atoms with Gasteiger partial charge in [0.25, 0.3) is 11.5 Å². The third-order valence-electron chi connectivity index (χ3n) is 4.50. The first-order valence-corrected chi connectivity index (χ1v) is 9.54. The van der Waals surface area contributed by atoms with Gasteiger partial charge in [0.05, 0.1) is 18.4 Å². The molecule has 14 nitrogen and oxygen atoms in total. The van der Waals surface area contributed by atoms with Crippen LogP contribution in [0.25, 0.3) is 11.2 Å². The number of carboxylic acid groups (broad SMARTS) is 2. The number of aromatic amines is 1. The molecule has 174 valence electrons. The average Bonchev–Trinajstić information content (AvgIpc) is 2.80. The van der Waals surface area contributed by atoms with Gasteiger partial charge in [0.2, 0.25) is 5.95 Å². The highest BCUT2D eigenvalue weighted by atomic mass is 16.4. The molecule has 0 radical (unpaired) electrons. The Kier molecular flexibility index (Phi) is 6.94. The molecule has 2 aromatic heterocycles. The summed E-state index contributed by atoms with van der Waals surface area (Å²) in [6.45, 7) is 0.190. The fraction of sp³-hybridized carbons (Fsp3) is 0.150. The Morgan fingerprint density at radius 2 is 1.85 bits per heavy atom. The van der Waals surface area contributed by atoms with Crippen LogP contribution in [0.4, 0.5) is 11.6 Å². The van der Waals surface area contributed by atoms with Gasteiger partial charge in [0.1, 0.15) is 17.6 Å². The highest BCUT2D eigenvalue weighted by Gasteiger charge is 2.25. The predicted octanol–water partition coefficient (Wildman–Crippen LogP) is -0.677. The minimum atomic E-state index is -1.63. The Morgan fingerprint density at radius 3 is 2.47 bits per heavy atom. The van der Waals surface area contributed by atoms with Crippen LogP contribution >= 0.6 is 0 Å². The maximum absolute atomic E-state index is 12.4. The van der Waals surface area contributed by atoms with Crippen LogP contribution in [0.2, 0.25) is 0 Å². The van der Waals surface area contributed by atoms with Gasteiger partial charge in [-0.3, -0.25) is 14.6 Å². The number of carbonyl (C=O) groups excluding carboxylic acids is 2. The molecule has 14 heteroatoms. The summed E-state index contributed by atoms with van der Waals surface area (Å²) in [4.78, 5) is 71.6. The number of nitrogens with two attached hydrogens (primary N) is 1. The quantitative estimate of drug-likeness (QED) is 0.170. The van der Waals surface area contributed by atoms with E-state index in [0.29, 0.717) is 11.4 Å². The van der Waals surface area contributed by atoms with Crippen molar-refractivity contribution in [3.05, 3.63) is 57.6 Å². The van der Waals surface area contributed by atoms with Crippen LogP contribution in [0.3, 0.4) is 0 Å². The lowest BCUT2D eigenvalue weighted by Gasteiger charge is -2.14. The lowest BCUT2D eigenvalue weighted by Crippen LogP contribution is -2.41. The second-order valence-corrected chi connectivity index (χ2v) is 6.87. The van der Waals surface area contributed by atoms with E-state index in [0.717, 1.165) is 5.94 Å². The Hall–Kier alpha value is -5.10. The van der Waals surface area contributed by atoms with Crippen molar-refractivity contribution in [3.63, 3.8) is 0 Å². The number of anilines is 2. The zero-order chi connectivity index (χ0) is 24.8. The number of benzene rings is 1. The van der Waals surface area contributed by atoms with Gasteiger partial charge >= 0.3 is 11.9 Å². The van der Waals surface area contributed by atoms with E-state index in [1.54, 1.807) is 12.1 Å². The summed E-state index contributed by atoms with van der Waals surface area (Å²) in [7, 11) is 0. The molecule has 3 rings (SSSR count). The van der Waals surface area contributed by atoms with Crippen LogP contribution < -0.4 is 21.9 Å². The molecule has 0 aliphatic rings. The summed E-state index contributed by atoms with van der Waals surface area (Å²) in [5.41, 5.74) is 5.40. The number of amides is 1. The molecule has 1 atom stereocenters. The molecule has 0 saturated heterocycles. The van der Waals surface area contributed by atoms with Crippen molar-refractivity contribution in [2.45, 2.75) is 19.0 Å². The van der Waals surface area contributed by atoms with E-state index in [-0.39, 0.29) is 29.2 Å².